The highest BCUT2D eigenvalue weighted by Crippen LogP contribution is 2.51. The molecule has 0 saturated carbocycles. The Morgan fingerprint density at radius 3 is 1.52 bits per heavy atom. The average Bonchev–Trinajstić information content (AvgIpc) is 0.818. The van der Waals surface area contributed by atoms with E-state index >= 15 is 0 Å². The Morgan fingerprint density at radius 2 is 1.09 bits per heavy atom. The van der Waals surface area contributed by atoms with Gasteiger partial charge in [-0.3, -0.25) is 0 Å². The first kappa shape index (κ1) is 79.0. The summed E-state index contributed by atoms with van der Waals surface area (Å²) in [5.74, 6) is -1.30. The molecule has 0 aliphatic carbocycles. The summed E-state index contributed by atoms with van der Waals surface area (Å²) in [6.07, 6.45) is 7.84. The van der Waals surface area contributed by atoms with Gasteiger partial charge in [-0.1, -0.05) is 236 Å². The minimum Gasteiger partial charge on any atom is -0.413 e. The van der Waals surface area contributed by atoms with E-state index in [1.54, 1.807) is 0 Å². The van der Waals surface area contributed by atoms with Gasteiger partial charge in [0, 0.05) is 32.0 Å². The maximum Gasteiger partial charge on any atom is 0.261 e. The first-order chi connectivity index (χ1) is 41.1. The van der Waals surface area contributed by atoms with Gasteiger partial charge in [0.05, 0.1) is 42.7 Å². The molecule has 88 heavy (non-hydrogen) atoms. The van der Waals surface area contributed by atoms with Gasteiger partial charge in [0.25, 0.3) is 8.32 Å². The van der Waals surface area contributed by atoms with Gasteiger partial charge < -0.3 is 40.8 Å². The van der Waals surface area contributed by atoms with E-state index in [-0.39, 0.29) is 57.5 Å². The molecule has 0 bridgehead atoms. The predicted molar refractivity (Wildman–Crippen MR) is 392 cm³/mol. The zero-order valence-electron chi connectivity index (χ0n) is 61.2. The third-order valence-electron chi connectivity index (χ3n) is 22.7. The summed E-state index contributed by atoms with van der Waals surface area (Å²) < 4.78 is 70.2. The van der Waals surface area contributed by atoms with Crippen LogP contribution in [0.1, 0.15) is 177 Å². The second kappa shape index (κ2) is 33.3. The van der Waals surface area contributed by atoms with E-state index in [2.05, 4.69) is 238 Å². The van der Waals surface area contributed by atoms with Crippen LogP contribution >= 0.6 is 0 Å². The van der Waals surface area contributed by atoms with Gasteiger partial charge in [-0.05, 0) is 138 Å². The first-order valence-corrected chi connectivity index (χ1v) is 50.4. The van der Waals surface area contributed by atoms with Crippen molar-refractivity contribution in [3.63, 3.8) is 0 Å². The smallest absolute Gasteiger partial charge is 0.261 e. The van der Waals surface area contributed by atoms with Crippen molar-refractivity contribution >= 4 is 60.3 Å². The fourth-order valence-corrected chi connectivity index (χ4v) is 29.7. The maximum atomic E-state index is 8.23. The number of hydrogen-bond donors (Lipinski definition) is 0. The predicted octanol–water partition coefficient (Wildman–Crippen LogP) is 19.9. The number of methoxy groups -OCH3 is 1. The molecular weight excluding hydrogens is 1190 g/mol. The van der Waals surface area contributed by atoms with Gasteiger partial charge in [0.15, 0.2) is 47.4 Å². The topological polar surface area (TPSA) is 83.1 Å². The Hall–Kier alpha value is -1.40. The Kier molecular flexibility index (Phi) is 29.9. The highest BCUT2D eigenvalue weighted by Gasteiger charge is 2.62. The zero-order chi connectivity index (χ0) is 66.4. The number of benzene rings is 2. The van der Waals surface area contributed by atoms with Crippen LogP contribution in [0.5, 0.6) is 0 Å². The summed E-state index contributed by atoms with van der Waals surface area (Å²) in [6.45, 7) is 66.1. The highest BCUT2D eigenvalue weighted by molar-refractivity contribution is 6.99. The van der Waals surface area contributed by atoms with Crippen LogP contribution in [-0.2, 0) is 40.8 Å². The number of allylic oxidation sites excluding steroid dienone is 2. The quantitative estimate of drug-likeness (QED) is 0.0287. The van der Waals surface area contributed by atoms with Crippen molar-refractivity contribution in [2.24, 2.45) is 11.8 Å². The van der Waals surface area contributed by atoms with Crippen molar-refractivity contribution in [3.05, 3.63) is 97.6 Å². The fourth-order valence-electron chi connectivity index (χ4n) is 13.8. The van der Waals surface area contributed by atoms with Crippen LogP contribution in [0.4, 0.5) is 0 Å². The molecule has 2 aliphatic rings. The van der Waals surface area contributed by atoms with Crippen LogP contribution in [0.2, 0.25) is 95.7 Å². The van der Waals surface area contributed by atoms with Crippen molar-refractivity contribution in [2.75, 3.05) is 13.7 Å². The molecule has 0 aromatic heterocycles. The van der Waals surface area contributed by atoms with Crippen molar-refractivity contribution in [1.82, 2.24) is 0 Å². The van der Waals surface area contributed by atoms with Crippen LogP contribution in [0.15, 0.2) is 97.6 Å². The van der Waals surface area contributed by atoms with Gasteiger partial charge in [0.1, 0.15) is 6.10 Å². The van der Waals surface area contributed by atoms with E-state index in [0.29, 0.717) is 25.9 Å². The van der Waals surface area contributed by atoms with Crippen molar-refractivity contribution in [2.45, 2.75) is 327 Å². The molecule has 504 valence electrons. The first-order valence-electron chi connectivity index (χ1n) is 35.1. The van der Waals surface area contributed by atoms with Crippen LogP contribution in [0, 0.1) is 11.8 Å². The molecule has 2 aromatic rings. The molecule has 0 radical (unpaired) electrons. The number of ether oxygens (including phenoxy) is 3. The summed E-state index contributed by atoms with van der Waals surface area (Å²) in [5.41, 5.74) is 1.08. The molecule has 11 atom stereocenters. The van der Waals surface area contributed by atoms with Gasteiger partial charge >= 0.3 is 0 Å². The molecule has 4 rings (SSSR count). The van der Waals surface area contributed by atoms with Gasteiger partial charge in [-0.15, -0.1) is 0 Å². The van der Waals surface area contributed by atoms with Crippen molar-refractivity contribution in [1.29, 1.82) is 0 Å². The summed E-state index contributed by atoms with van der Waals surface area (Å²) in [5, 5.41) is 2.50. The molecule has 2 heterocycles. The molecule has 15 heteroatoms. The van der Waals surface area contributed by atoms with Gasteiger partial charge in [-0.25, -0.2) is 0 Å². The second-order valence-corrected chi connectivity index (χ2v) is 58.8. The minimum atomic E-state index is -2.74. The monoisotopic (exact) mass is 1320 g/mol. The van der Waals surface area contributed by atoms with Crippen molar-refractivity contribution < 1.29 is 40.8 Å². The Morgan fingerprint density at radius 1 is 0.614 bits per heavy atom. The van der Waals surface area contributed by atoms with Gasteiger partial charge in [-0.2, -0.15) is 0 Å². The van der Waals surface area contributed by atoms with Crippen LogP contribution < -0.4 is 10.4 Å². The Bertz CT molecular complexity index is 2340. The molecule has 2 fully saturated rings. The molecule has 2 aromatic carbocycles. The van der Waals surface area contributed by atoms with E-state index in [4.69, 9.17) is 47.3 Å². The molecular formula is C73H134O9Si6. The average molecular weight is 1320 g/mol. The van der Waals surface area contributed by atoms with E-state index in [0.717, 1.165) is 79.2 Å². The Balaban J connectivity index is 2.00. The van der Waals surface area contributed by atoms with E-state index in [1.165, 1.54) is 10.4 Å². The molecule has 9 nitrogen and oxygen atoms in total. The Labute approximate surface area is 548 Å². The third kappa shape index (κ3) is 18.7. The van der Waals surface area contributed by atoms with E-state index in [1.807, 2.05) is 19.3 Å². The summed E-state index contributed by atoms with van der Waals surface area (Å²) in [6, 6.07) is 31.1. The standard InChI is InChI=1S/C73H134O9Si6/c1-28-38-47-60(78-83(24,25)70(14,15)16)54-57(11)55-64-68(81-86(32-5,33-6)34-7)66(80-85(29-2,30-3)31-4)59(13)67(76-64)69(82-87(35-8,36-9)37-10)73(74-23)56-65(79-84(26,27)71(17,18)19)58(12)63(77-73)52-45-46-53-75-88(72(20,21)22,61-48-41-39-42-49-61)62-50-43-40-44-51-62/h28,38-44,47-51,58-60,63-69H,1,11,29-37,45-46,52-56H2,2-10,12-27H3/b47-38+/t58-,59+,60+,63+,64+,65-,66+,67+,68+,69-,73+/m0/s1. The normalized spacial score (nSPS) is 24.8. The minimum absolute atomic E-state index is 0.0201. The highest BCUT2D eigenvalue weighted by atomic mass is 28.4. The van der Waals surface area contributed by atoms with E-state index < -0.39 is 74.0 Å². The van der Waals surface area contributed by atoms with Crippen LogP contribution in [0.3, 0.4) is 0 Å². The molecule has 0 unspecified atom stereocenters. The number of unbranched alkanes of at least 4 members (excludes halogenated alkanes) is 1. The lowest BCUT2D eigenvalue weighted by Crippen LogP contribution is -2.70. The van der Waals surface area contributed by atoms with Crippen LogP contribution in [-0.4, -0.2) is 118 Å². The summed E-state index contributed by atoms with van der Waals surface area (Å²) in [4.78, 5) is 0. The molecule has 0 spiro atoms. The molecule has 0 amide bonds. The number of rotatable bonds is 36. The molecule has 0 N–H and O–H groups in total. The third-order valence-corrected chi connectivity index (χ3v) is 50.6. The fraction of sp³-hybridized carbons (Fsp3) is 0.753. The second-order valence-electron chi connectivity index (χ2n) is 30.8. The zero-order valence-corrected chi connectivity index (χ0v) is 67.2. The SMILES string of the molecule is C=C/C=C/[C@H](CC(=C)C[C@H]1O[C@@H]([C@H](O[Si](CC)(CC)CC)[C@@]2(OC)C[C@H](O[Si](C)(C)C(C)(C)C)[C@@H](C)[C@@H](CCCCO[Si](c3ccccc3)(c3ccccc3)C(C)(C)C)O2)[C@H](C)[C@@H](O[Si](CC)(CC)CC)[C@@H]1O[Si](CC)(CC)CC)O[Si](C)(C)C(C)(C)C. The largest absolute Gasteiger partial charge is 0.413 e. The van der Waals surface area contributed by atoms with Gasteiger partial charge in [0.2, 0.25) is 0 Å². The molecule has 2 aliphatic heterocycles. The maximum absolute atomic E-state index is 8.23. The lowest BCUT2D eigenvalue weighted by molar-refractivity contribution is -0.353. The molecule has 2 saturated heterocycles. The lowest BCUT2D eigenvalue weighted by atomic mass is 9.78. The summed E-state index contributed by atoms with van der Waals surface area (Å²) in [7, 11) is -12.5. The lowest BCUT2D eigenvalue weighted by Gasteiger charge is -2.58. The summed E-state index contributed by atoms with van der Waals surface area (Å²) >= 11 is 0. The number of hydrogen-bond acceptors (Lipinski definition) is 9. The van der Waals surface area contributed by atoms with Crippen molar-refractivity contribution in [3.8, 4) is 0 Å². The van der Waals surface area contributed by atoms with E-state index in [9.17, 15) is 0 Å². The van der Waals surface area contributed by atoms with Crippen LogP contribution in [0.25, 0.3) is 0 Å².